The lowest BCUT2D eigenvalue weighted by molar-refractivity contribution is 0.572. The van der Waals surface area contributed by atoms with Crippen LogP contribution in [-0.2, 0) is 0 Å². The molecule has 0 aliphatic heterocycles. The summed E-state index contributed by atoms with van der Waals surface area (Å²) in [7, 11) is 0. The van der Waals surface area contributed by atoms with Crippen molar-refractivity contribution in [2.75, 3.05) is 0 Å². The van der Waals surface area contributed by atoms with Crippen molar-refractivity contribution in [2.24, 2.45) is 0 Å². The van der Waals surface area contributed by atoms with E-state index in [9.17, 15) is 0 Å². The SMILES string of the molecule is CCCCCCCCC(Br)CCC. The van der Waals surface area contributed by atoms with E-state index >= 15 is 0 Å². The van der Waals surface area contributed by atoms with Crippen molar-refractivity contribution in [3.8, 4) is 0 Å². The molecule has 0 bridgehead atoms. The molecular formula is C12H25Br. The number of rotatable bonds is 9. The Kier molecular flexibility index (Phi) is 11.0. The minimum absolute atomic E-state index is 0.781. The van der Waals surface area contributed by atoms with Gasteiger partial charge >= 0.3 is 0 Å². The van der Waals surface area contributed by atoms with Crippen LogP contribution in [0.25, 0.3) is 0 Å². The molecule has 0 N–H and O–H groups in total. The Hall–Kier alpha value is 0.480. The average molecular weight is 249 g/mol. The maximum Gasteiger partial charge on any atom is 0.0145 e. The van der Waals surface area contributed by atoms with Crippen LogP contribution < -0.4 is 0 Å². The Labute approximate surface area is 92.6 Å². The van der Waals surface area contributed by atoms with Crippen molar-refractivity contribution < 1.29 is 0 Å². The largest absolute Gasteiger partial charge is 0.0891 e. The standard InChI is InChI=1S/C12H25Br/c1-3-5-6-7-8-9-11-12(13)10-4-2/h12H,3-11H2,1-2H3. The molecule has 0 nitrogen and oxygen atoms in total. The highest BCUT2D eigenvalue weighted by Gasteiger charge is 2.01. The molecule has 0 aliphatic carbocycles. The predicted octanol–water partition coefficient (Wildman–Crippen LogP) is 5.30. The third-order valence-electron chi connectivity index (χ3n) is 2.47. The van der Waals surface area contributed by atoms with Crippen molar-refractivity contribution in [3.05, 3.63) is 0 Å². The summed E-state index contributed by atoms with van der Waals surface area (Å²) in [6.45, 7) is 4.53. The molecule has 0 aromatic carbocycles. The lowest BCUT2D eigenvalue weighted by Crippen LogP contribution is -1.96. The first-order valence-electron chi connectivity index (χ1n) is 5.95. The second-order valence-corrected chi connectivity index (χ2v) is 5.24. The number of unbranched alkanes of at least 4 members (excludes halogenated alkanes) is 5. The van der Waals surface area contributed by atoms with E-state index in [2.05, 4.69) is 29.8 Å². The molecule has 0 heterocycles. The highest BCUT2D eigenvalue weighted by Crippen LogP contribution is 2.16. The molecule has 0 radical (unpaired) electrons. The third-order valence-corrected chi connectivity index (χ3v) is 3.39. The Balaban J connectivity index is 2.97. The van der Waals surface area contributed by atoms with Gasteiger partial charge in [0.15, 0.2) is 0 Å². The first kappa shape index (κ1) is 13.5. The van der Waals surface area contributed by atoms with Crippen molar-refractivity contribution in [1.29, 1.82) is 0 Å². The van der Waals surface area contributed by atoms with E-state index in [1.54, 1.807) is 0 Å². The summed E-state index contributed by atoms with van der Waals surface area (Å²) in [5, 5.41) is 0. The summed E-state index contributed by atoms with van der Waals surface area (Å²) in [5.74, 6) is 0. The van der Waals surface area contributed by atoms with Gasteiger partial charge in [-0.15, -0.1) is 0 Å². The van der Waals surface area contributed by atoms with Crippen molar-refractivity contribution in [1.82, 2.24) is 0 Å². The Morgan fingerprint density at radius 1 is 0.769 bits per heavy atom. The lowest BCUT2D eigenvalue weighted by atomic mass is 10.1. The fourth-order valence-electron chi connectivity index (χ4n) is 1.60. The van der Waals surface area contributed by atoms with Gasteiger partial charge in [0.05, 0.1) is 0 Å². The van der Waals surface area contributed by atoms with E-state index in [1.807, 2.05) is 0 Å². The van der Waals surface area contributed by atoms with E-state index in [0.29, 0.717) is 0 Å². The fourth-order valence-corrected chi connectivity index (χ4v) is 2.39. The van der Waals surface area contributed by atoms with E-state index < -0.39 is 0 Å². The number of hydrogen-bond donors (Lipinski definition) is 0. The van der Waals surface area contributed by atoms with Gasteiger partial charge in [0.2, 0.25) is 0 Å². The van der Waals surface area contributed by atoms with Crippen LogP contribution in [-0.4, -0.2) is 4.83 Å². The smallest absolute Gasteiger partial charge is 0.0145 e. The number of halogens is 1. The van der Waals surface area contributed by atoms with Crippen LogP contribution in [0.5, 0.6) is 0 Å². The summed E-state index contributed by atoms with van der Waals surface area (Å²) in [4.78, 5) is 0.781. The topological polar surface area (TPSA) is 0 Å². The molecule has 0 amide bonds. The molecule has 0 aromatic heterocycles. The normalized spacial score (nSPS) is 13.2. The summed E-state index contributed by atoms with van der Waals surface area (Å²) >= 11 is 3.72. The van der Waals surface area contributed by atoms with Gasteiger partial charge in [-0.2, -0.15) is 0 Å². The van der Waals surface area contributed by atoms with Crippen LogP contribution in [0.4, 0.5) is 0 Å². The van der Waals surface area contributed by atoms with E-state index in [0.717, 1.165) is 4.83 Å². The van der Waals surface area contributed by atoms with Crippen molar-refractivity contribution in [2.45, 2.75) is 76.5 Å². The molecule has 13 heavy (non-hydrogen) atoms. The Morgan fingerprint density at radius 3 is 2.00 bits per heavy atom. The zero-order valence-corrected chi connectivity index (χ0v) is 10.9. The van der Waals surface area contributed by atoms with Gasteiger partial charge in [-0.3, -0.25) is 0 Å². The fraction of sp³-hybridized carbons (Fsp3) is 1.00. The van der Waals surface area contributed by atoms with Gasteiger partial charge in [0, 0.05) is 4.83 Å². The lowest BCUT2D eigenvalue weighted by Gasteiger charge is -2.07. The first-order valence-corrected chi connectivity index (χ1v) is 6.86. The van der Waals surface area contributed by atoms with E-state index in [4.69, 9.17) is 0 Å². The average Bonchev–Trinajstić information content (AvgIpc) is 2.11. The van der Waals surface area contributed by atoms with E-state index in [1.165, 1.54) is 57.8 Å². The highest BCUT2D eigenvalue weighted by molar-refractivity contribution is 9.09. The summed E-state index contributed by atoms with van der Waals surface area (Å²) in [6.07, 6.45) is 12.5. The zero-order valence-electron chi connectivity index (χ0n) is 9.32. The summed E-state index contributed by atoms with van der Waals surface area (Å²) < 4.78 is 0. The van der Waals surface area contributed by atoms with Crippen LogP contribution in [0, 0.1) is 0 Å². The molecule has 80 valence electrons. The Morgan fingerprint density at radius 2 is 1.38 bits per heavy atom. The second kappa shape index (κ2) is 10.6. The molecule has 0 rings (SSSR count). The second-order valence-electron chi connectivity index (χ2n) is 3.94. The molecule has 0 fully saturated rings. The third kappa shape index (κ3) is 10.4. The molecular weight excluding hydrogens is 224 g/mol. The van der Waals surface area contributed by atoms with Gasteiger partial charge < -0.3 is 0 Å². The zero-order chi connectivity index (χ0) is 9.94. The van der Waals surface area contributed by atoms with Crippen LogP contribution >= 0.6 is 15.9 Å². The molecule has 0 saturated heterocycles. The predicted molar refractivity (Wildman–Crippen MR) is 65.6 cm³/mol. The quantitative estimate of drug-likeness (QED) is 0.384. The molecule has 1 unspecified atom stereocenters. The summed E-state index contributed by atoms with van der Waals surface area (Å²) in [6, 6.07) is 0. The van der Waals surface area contributed by atoms with Crippen LogP contribution in [0.15, 0.2) is 0 Å². The van der Waals surface area contributed by atoms with Gasteiger partial charge in [0.25, 0.3) is 0 Å². The van der Waals surface area contributed by atoms with Crippen LogP contribution in [0.3, 0.4) is 0 Å². The molecule has 0 aliphatic rings. The van der Waals surface area contributed by atoms with Gasteiger partial charge in [-0.05, 0) is 12.8 Å². The Bertz CT molecular complexity index is 91.1. The summed E-state index contributed by atoms with van der Waals surface area (Å²) in [5.41, 5.74) is 0. The van der Waals surface area contributed by atoms with Crippen molar-refractivity contribution >= 4 is 15.9 Å². The van der Waals surface area contributed by atoms with Crippen LogP contribution in [0.1, 0.15) is 71.6 Å². The minimum Gasteiger partial charge on any atom is -0.0891 e. The van der Waals surface area contributed by atoms with E-state index in [-0.39, 0.29) is 0 Å². The van der Waals surface area contributed by atoms with Gasteiger partial charge in [-0.25, -0.2) is 0 Å². The maximum atomic E-state index is 3.72. The maximum absolute atomic E-state index is 3.72. The molecule has 0 saturated carbocycles. The monoisotopic (exact) mass is 248 g/mol. The van der Waals surface area contributed by atoms with Crippen molar-refractivity contribution in [3.63, 3.8) is 0 Å². The molecule has 1 atom stereocenters. The van der Waals surface area contributed by atoms with Crippen LogP contribution in [0.2, 0.25) is 0 Å². The van der Waals surface area contributed by atoms with Gasteiger partial charge in [-0.1, -0.05) is 74.7 Å². The van der Waals surface area contributed by atoms with Gasteiger partial charge in [0.1, 0.15) is 0 Å². The first-order chi connectivity index (χ1) is 6.31. The number of alkyl halides is 1. The molecule has 0 spiro atoms. The minimum atomic E-state index is 0.781. The number of hydrogen-bond acceptors (Lipinski definition) is 0. The highest BCUT2D eigenvalue weighted by atomic mass is 79.9. The molecule has 1 heteroatoms. The molecule has 0 aromatic rings.